The van der Waals surface area contributed by atoms with Crippen LogP contribution in [0.2, 0.25) is 0 Å². The van der Waals surface area contributed by atoms with E-state index in [-0.39, 0.29) is 11.7 Å². The van der Waals surface area contributed by atoms with Crippen molar-refractivity contribution in [1.29, 1.82) is 0 Å². The normalized spacial score (nSPS) is 18.9. The fourth-order valence-corrected chi connectivity index (χ4v) is 4.42. The van der Waals surface area contributed by atoms with Crippen LogP contribution in [0, 0.1) is 5.82 Å². The Hall–Kier alpha value is -1.72. The Bertz CT molecular complexity index is 813. The van der Waals surface area contributed by atoms with E-state index >= 15 is 0 Å². The molecule has 2 aromatic rings. The quantitative estimate of drug-likeness (QED) is 0.678. The molecule has 3 nitrogen and oxygen atoms in total. The fourth-order valence-electron chi connectivity index (χ4n) is 3.97. The maximum Gasteiger partial charge on any atom is 0.233 e. The highest BCUT2D eigenvalue weighted by atomic mass is 79.9. The third kappa shape index (κ3) is 3.94. The molecule has 1 amide bonds. The molecule has 0 atom stereocenters. The molecule has 142 valence electrons. The van der Waals surface area contributed by atoms with Gasteiger partial charge >= 0.3 is 0 Å². The van der Waals surface area contributed by atoms with E-state index < -0.39 is 5.41 Å². The first-order valence-electron chi connectivity index (χ1n) is 9.48. The van der Waals surface area contributed by atoms with Gasteiger partial charge < -0.3 is 9.64 Å². The molecule has 1 heterocycles. The number of benzene rings is 2. The first-order chi connectivity index (χ1) is 13.1. The molecule has 1 aliphatic carbocycles. The summed E-state index contributed by atoms with van der Waals surface area (Å²) in [5.41, 5.74) is 1.39. The van der Waals surface area contributed by atoms with Crippen molar-refractivity contribution in [2.45, 2.75) is 43.7 Å². The first kappa shape index (κ1) is 18.6. The summed E-state index contributed by atoms with van der Waals surface area (Å²) in [6.45, 7) is 1.71. The van der Waals surface area contributed by atoms with Crippen molar-refractivity contribution >= 4 is 21.8 Å². The van der Waals surface area contributed by atoms with E-state index in [4.69, 9.17) is 4.74 Å². The molecular weight excluding hydrogens is 409 g/mol. The number of rotatable bonds is 5. The number of nitrogens with zero attached hydrogens (tertiary/aromatic N) is 1. The second-order valence-corrected chi connectivity index (χ2v) is 8.41. The van der Waals surface area contributed by atoms with E-state index in [0.717, 1.165) is 28.4 Å². The Morgan fingerprint density at radius 3 is 2.48 bits per heavy atom. The SMILES string of the molecule is O=C(N(Cc1cccc(Br)c1)C1CC1)C1(c2ccc(F)cc2)CCOCC1. The third-order valence-electron chi connectivity index (χ3n) is 5.64. The van der Waals surface area contributed by atoms with E-state index in [9.17, 15) is 9.18 Å². The second-order valence-electron chi connectivity index (χ2n) is 7.50. The van der Waals surface area contributed by atoms with Crippen molar-refractivity contribution in [3.8, 4) is 0 Å². The lowest BCUT2D eigenvalue weighted by molar-refractivity contribution is -0.142. The Morgan fingerprint density at radius 1 is 1.15 bits per heavy atom. The van der Waals surface area contributed by atoms with Gasteiger partial charge in [0.1, 0.15) is 5.82 Å². The van der Waals surface area contributed by atoms with Crippen molar-refractivity contribution in [3.05, 3.63) is 69.9 Å². The number of hydrogen-bond donors (Lipinski definition) is 0. The predicted octanol–water partition coefficient (Wildman–Crippen LogP) is 4.83. The molecule has 0 unspecified atom stereocenters. The third-order valence-corrected chi connectivity index (χ3v) is 6.14. The number of carbonyl (C=O) groups excluding carboxylic acids is 1. The lowest BCUT2D eigenvalue weighted by Crippen LogP contribution is -2.50. The summed E-state index contributed by atoms with van der Waals surface area (Å²) in [4.78, 5) is 15.9. The molecule has 0 aromatic heterocycles. The summed E-state index contributed by atoms with van der Waals surface area (Å²) < 4.78 is 20.1. The highest BCUT2D eigenvalue weighted by Crippen LogP contribution is 2.40. The average molecular weight is 432 g/mol. The Kier molecular flexibility index (Phi) is 5.33. The van der Waals surface area contributed by atoms with Gasteiger partial charge in [0.25, 0.3) is 0 Å². The molecule has 27 heavy (non-hydrogen) atoms. The van der Waals surface area contributed by atoms with Crippen LogP contribution in [0.3, 0.4) is 0 Å². The van der Waals surface area contributed by atoms with Gasteiger partial charge in [0, 0.05) is 30.3 Å². The van der Waals surface area contributed by atoms with Gasteiger partial charge in [0.2, 0.25) is 5.91 Å². The highest BCUT2D eigenvalue weighted by molar-refractivity contribution is 9.10. The first-order valence-corrected chi connectivity index (χ1v) is 10.3. The van der Waals surface area contributed by atoms with E-state index in [2.05, 4.69) is 28.1 Å². The van der Waals surface area contributed by atoms with Gasteiger partial charge in [-0.15, -0.1) is 0 Å². The van der Waals surface area contributed by atoms with Crippen LogP contribution >= 0.6 is 15.9 Å². The van der Waals surface area contributed by atoms with E-state index in [0.29, 0.717) is 38.6 Å². The van der Waals surface area contributed by atoms with Gasteiger partial charge in [-0.3, -0.25) is 4.79 Å². The summed E-state index contributed by atoms with van der Waals surface area (Å²) >= 11 is 3.52. The van der Waals surface area contributed by atoms with Crippen molar-refractivity contribution < 1.29 is 13.9 Å². The molecule has 1 aliphatic heterocycles. The number of ether oxygens (including phenoxy) is 1. The summed E-state index contributed by atoms with van der Waals surface area (Å²) in [6, 6.07) is 14.9. The number of halogens is 2. The van der Waals surface area contributed by atoms with Gasteiger partial charge in [0.15, 0.2) is 0 Å². The monoisotopic (exact) mass is 431 g/mol. The number of hydrogen-bond acceptors (Lipinski definition) is 2. The maximum atomic E-state index is 13.8. The molecule has 2 fully saturated rings. The molecule has 4 rings (SSSR count). The van der Waals surface area contributed by atoms with Crippen molar-refractivity contribution in [2.75, 3.05) is 13.2 Å². The minimum atomic E-state index is -0.624. The molecule has 1 saturated carbocycles. The topological polar surface area (TPSA) is 29.5 Å². The number of carbonyl (C=O) groups is 1. The molecule has 0 radical (unpaired) electrons. The molecule has 1 saturated heterocycles. The summed E-state index contributed by atoms with van der Waals surface area (Å²) in [7, 11) is 0. The maximum absolute atomic E-state index is 13.8. The summed E-state index contributed by atoms with van der Waals surface area (Å²) in [5.74, 6) is -0.124. The Labute approximate surface area is 167 Å². The smallest absolute Gasteiger partial charge is 0.233 e. The second kappa shape index (κ2) is 7.72. The van der Waals surface area contributed by atoms with Gasteiger partial charge in [0.05, 0.1) is 5.41 Å². The van der Waals surface area contributed by atoms with Crippen LogP contribution in [0.4, 0.5) is 4.39 Å². The number of amides is 1. The van der Waals surface area contributed by atoms with Crippen molar-refractivity contribution in [3.63, 3.8) is 0 Å². The molecule has 0 bridgehead atoms. The fraction of sp³-hybridized carbons (Fsp3) is 0.409. The zero-order valence-electron chi connectivity index (χ0n) is 15.2. The van der Waals surface area contributed by atoms with E-state index in [1.165, 1.54) is 12.1 Å². The average Bonchev–Trinajstić information content (AvgIpc) is 3.52. The van der Waals surface area contributed by atoms with Crippen LogP contribution in [0.15, 0.2) is 53.0 Å². The lowest BCUT2D eigenvalue weighted by Gasteiger charge is -2.40. The largest absolute Gasteiger partial charge is 0.381 e. The van der Waals surface area contributed by atoms with Crippen LogP contribution in [0.5, 0.6) is 0 Å². The Balaban J connectivity index is 1.67. The molecule has 0 N–H and O–H groups in total. The van der Waals surface area contributed by atoms with Crippen LogP contribution in [-0.2, 0) is 21.5 Å². The summed E-state index contributed by atoms with van der Waals surface area (Å²) in [5, 5.41) is 0. The minimum absolute atomic E-state index is 0.153. The molecule has 2 aliphatic rings. The minimum Gasteiger partial charge on any atom is -0.381 e. The zero-order chi connectivity index (χ0) is 18.9. The molecule has 0 spiro atoms. The molecular formula is C22H23BrFNO2. The molecule has 2 aromatic carbocycles. The zero-order valence-corrected chi connectivity index (χ0v) is 16.8. The van der Waals surface area contributed by atoms with Crippen LogP contribution in [0.25, 0.3) is 0 Å². The van der Waals surface area contributed by atoms with Gasteiger partial charge in [-0.2, -0.15) is 0 Å². The highest BCUT2D eigenvalue weighted by Gasteiger charge is 2.47. The van der Waals surface area contributed by atoms with Crippen molar-refractivity contribution in [1.82, 2.24) is 4.90 Å². The van der Waals surface area contributed by atoms with Gasteiger partial charge in [-0.05, 0) is 61.1 Å². The van der Waals surface area contributed by atoms with Gasteiger partial charge in [-0.1, -0.05) is 40.2 Å². The van der Waals surface area contributed by atoms with Crippen LogP contribution in [-0.4, -0.2) is 30.1 Å². The predicted molar refractivity (Wildman–Crippen MR) is 106 cm³/mol. The standard InChI is InChI=1S/C22H23BrFNO2/c23-18-3-1-2-16(14-18)15-25(20-8-9-20)21(26)22(10-12-27-13-11-22)17-4-6-19(24)7-5-17/h1-7,14,20H,8-13,15H2. The van der Waals surface area contributed by atoms with E-state index in [1.54, 1.807) is 12.1 Å². The van der Waals surface area contributed by atoms with E-state index in [1.807, 2.05) is 17.0 Å². The van der Waals surface area contributed by atoms with Crippen LogP contribution in [0.1, 0.15) is 36.8 Å². The van der Waals surface area contributed by atoms with Crippen LogP contribution < -0.4 is 0 Å². The summed E-state index contributed by atoms with van der Waals surface area (Å²) in [6.07, 6.45) is 3.38. The van der Waals surface area contributed by atoms with Gasteiger partial charge in [-0.25, -0.2) is 4.39 Å². The Morgan fingerprint density at radius 2 is 1.85 bits per heavy atom. The lowest BCUT2D eigenvalue weighted by atomic mass is 9.73. The molecule has 5 heteroatoms. The van der Waals surface area contributed by atoms with Crippen molar-refractivity contribution in [2.24, 2.45) is 0 Å².